The van der Waals surface area contributed by atoms with Crippen LogP contribution in [0, 0.1) is 0 Å². The number of hydrogen-bond donors (Lipinski definition) is 2. The molecule has 7 nitrogen and oxygen atoms in total. The molecular formula is C31H30N4O3. The van der Waals surface area contributed by atoms with Crippen LogP contribution < -0.4 is 10.1 Å². The SMILES string of the molecule is COc1ccc2c(c1)C1(C[C@H]1c1ccc3c(/C=C/c4cccc(CN5CCOCC5)c4)n[nH]c3c1)C(=O)N2. The van der Waals surface area contributed by atoms with Gasteiger partial charge in [-0.25, -0.2) is 0 Å². The van der Waals surface area contributed by atoms with Crippen LogP contribution in [-0.2, 0) is 21.5 Å². The number of anilines is 1. The zero-order valence-corrected chi connectivity index (χ0v) is 21.4. The van der Waals surface area contributed by atoms with Crippen molar-refractivity contribution in [1.82, 2.24) is 15.1 Å². The standard InChI is InChI=1S/C31H30N4O3/c1-37-23-7-10-28-25(17-23)31(30(36)32-28)18-26(31)22-6-8-24-27(33-34-29(24)16-22)9-5-20-3-2-4-21(15-20)19-35-11-13-38-14-12-35/h2-10,15-17,26H,11-14,18-19H2,1H3,(H,32,36)(H,33,34)/b9-5+/t26-,31?/m0/s1. The number of nitrogens with zero attached hydrogens (tertiary/aromatic N) is 2. The molecule has 3 aliphatic rings. The van der Waals surface area contributed by atoms with Crippen molar-refractivity contribution in [2.75, 3.05) is 38.7 Å². The molecule has 1 aromatic heterocycles. The Labute approximate surface area is 221 Å². The average Bonchev–Trinajstić information content (AvgIpc) is 3.49. The highest BCUT2D eigenvalue weighted by atomic mass is 16.5. The molecule has 0 bridgehead atoms. The fraction of sp³-hybridized carbons (Fsp3) is 0.290. The molecule has 1 unspecified atom stereocenters. The van der Waals surface area contributed by atoms with Gasteiger partial charge < -0.3 is 14.8 Å². The van der Waals surface area contributed by atoms with E-state index < -0.39 is 5.41 Å². The van der Waals surface area contributed by atoms with E-state index in [0.717, 1.165) is 84.0 Å². The number of aromatic nitrogens is 2. The number of rotatable bonds is 6. The molecule has 1 saturated carbocycles. The maximum atomic E-state index is 13.0. The normalized spacial score (nSPS) is 22.8. The van der Waals surface area contributed by atoms with Crippen LogP contribution in [0.15, 0.2) is 60.7 Å². The van der Waals surface area contributed by atoms with E-state index in [4.69, 9.17) is 9.47 Å². The predicted octanol–water partition coefficient (Wildman–Crippen LogP) is 4.95. The summed E-state index contributed by atoms with van der Waals surface area (Å²) in [5.41, 5.74) is 6.92. The van der Waals surface area contributed by atoms with Gasteiger partial charge in [0.2, 0.25) is 5.91 Å². The van der Waals surface area contributed by atoms with E-state index in [-0.39, 0.29) is 11.8 Å². The van der Waals surface area contributed by atoms with Crippen LogP contribution in [0.5, 0.6) is 5.75 Å². The minimum absolute atomic E-state index is 0.0786. The van der Waals surface area contributed by atoms with E-state index in [0.29, 0.717) is 0 Å². The maximum Gasteiger partial charge on any atom is 0.235 e. The first-order chi connectivity index (χ1) is 18.6. The molecule has 1 saturated heterocycles. The van der Waals surface area contributed by atoms with Gasteiger partial charge in [0, 0.05) is 36.6 Å². The van der Waals surface area contributed by atoms with Crippen molar-refractivity contribution in [3.63, 3.8) is 0 Å². The lowest BCUT2D eigenvalue weighted by Gasteiger charge is -2.26. The van der Waals surface area contributed by atoms with Crippen LogP contribution in [0.1, 0.15) is 40.3 Å². The van der Waals surface area contributed by atoms with Crippen LogP contribution in [0.2, 0.25) is 0 Å². The number of aromatic amines is 1. The number of morpholine rings is 1. The molecule has 38 heavy (non-hydrogen) atoms. The van der Waals surface area contributed by atoms with Crippen molar-refractivity contribution < 1.29 is 14.3 Å². The molecule has 192 valence electrons. The zero-order valence-electron chi connectivity index (χ0n) is 21.4. The lowest BCUT2D eigenvalue weighted by Crippen LogP contribution is -2.35. The summed E-state index contributed by atoms with van der Waals surface area (Å²) in [7, 11) is 1.66. The van der Waals surface area contributed by atoms with Crippen molar-refractivity contribution in [2.24, 2.45) is 0 Å². The Balaban J connectivity index is 1.11. The Morgan fingerprint density at radius 2 is 2.00 bits per heavy atom. The van der Waals surface area contributed by atoms with Crippen LogP contribution in [0.4, 0.5) is 5.69 Å². The molecule has 7 rings (SSSR count). The number of H-pyrrole nitrogens is 1. The summed E-state index contributed by atoms with van der Waals surface area (Å²) in [4.78, 5) is 15.5. The first-order valence-electron chi connectivity index (χ1n) is 13.2. The van der Waals surface area contributed by atoms with Crippen molar-refractivity contribution in [2.45, 2.75) is 24.3 Å². The quantitative estimate of drug-likeness (QED) is 0.387. The van der Waals surface area contributed by atoms with Gasteiger partial charge in [-0.2, -0.15) is 5.10 Å². The number of ether oxygens (including phenoxy) is 2. The molecular weight excluding hydrogens is 476 g/mol. The van der Waals surface area contributed by atoms with Gasteiger partial charge >= 0.3 is 0 Å². The molecule has 1 amide bonds. The number of hydrogen-bond acceptors (Lipinski definition) is 5. The Kier molecular flexibility index (Phi) is 5.56. The van der Waals surface area contributed by atoms with Gasteiger partial charge in [0.1, 0.15) is 5.75 Å². The molecule has 2 N–H and O–H groups in total. The highest BCUT2D eigenvalue weighted by Gasteiger charge is 2.65. The summed E-state index contributed by atoms with van der Waals surface area (Å²) >= 11 is 0. The van der Waals surface area contributed by atoms with E-state index in [1.54, 1.807) is 7.11 Å². The molecule has 3 aromatic carbocycles. The minimum Gasteiger partial charge on any atom is -0.497 e. The molecule has 7 heteroatoms. The number of benzene rings is 3. The number of methoxy groups -OCH3 is 1. The van der Waals surface area contributed by atoms with E-state index in [2.05, 4.69) is 75.0 Å². The summed E-state index contributed by atoms with van der Waals surface area (Å²) in [5.74, 6) is 0.990. The molecule has 1 spiro atoms. The third-order valence-electron chi connectivity index (χ3n) is 8.23. The van der Waals surface area contributed by atoms with Gasteiger partial charge in [0.25, 0.3) is 0 Å². The monoisotopic (exact) mass is 506 g/mol. The largest absolute Gasteiger partial charge is 0.497 e. The van der Waals surface area contributed by atoms with Gasteiger partial charge in [-0.05, 0) is 59.0 Å². The molecule has 2 aliphatic heterocycles. The van der Waals surface area contributed by atoms with Crippen LogP contribution in [0.25, 0.3) is 23.1 Å². The Bertz CT molecular complexity index is 1570. The Morgan fingerprint density at radius 3 is 2.87 bits per heavy atom. The highest BCUT2D eigenvalue weighted by molar-refractivity contribution is 6.10. The van der Waals surface area contributed by atoms with Gasteiger partial charge in [0.15, 0.2) is 0 Å². The van der Waals surface area contributed by atoms with Crippen molar-refractivity contribution >= 4 is 34.6 Å². The van der Waals surface area contributed by atoms with E-state index in [1.807, 2.05) is 18.2 Å². The van der Waals surface area contributed by atoms with Crippen LogP contribution in [-0.4, -0.2) is 54.4 Å². The summed E-state index contributed by atoms with van der Waals surface area (Å²) in [5, 5.41) is 11.9. The summed E-state index contributed by atoms with van der Waals surface area (Å²) in [6, 6.07) is 20.9. The van der Waals surface area contributed by atoms with Crippen molar-refractivity contribution in [1.29, 1.82) is 0 Å². The van der Waals surface area contributed by atoms with E-state index >= 15 is 0 Å². The molecule has 4 aromatic rings. The predicted molar refractivity (Wildman–Crippen MR) is 148 cm³/mol. The molecule has 2 fully saturated rings. The second-order valence-corrected chi connectivity index (χ2v) is 10.5. The number of carbonyl (C=O) groups excluding carboxylic acids is 1. The molecule has 1 aliphatic carbocycles. The molecule has 3 heterocycles. The Hall–Kier alpha value is -3.94. The molecule has 0 radical (unpaired) electrons. The van der Waals surface area contributed by atoms with Gasteiger partial charge in [-0.3, -0.25) is 14.8 Å². The summed E-state index contributed by atoms with van der Waals surface area (Å²) < 4.78 is 10.9. The first-order valence-corrected chi connectivity index (χ1v) is 13.2. The average molecular weight is 507 g/mol. The minimum atomic E-state index is -0.507. The fourth-order valence-electron chi connectivity index (χ4n) is 6.09. The maximum absolute atomic E-state index is 13.0. The number of fused-ring (bicyclic) bond motifs is 3. The smallest absolute Gasteiger partial charge is 0.235 e. The topological polar surface area (TPSA) is 79.5 Å². The number of amides is 1. The number of nitrogens with one attached hydrogen (secondary N) is 2. The highest BCUT2D eigenvalue weighted by Crippen LogP contribution is 2.65. The van der Waals surface area contributed by atoms with Crippen molar-refractivity contribution in [3.8, 4) is 5.75 Å². The fourth-order valence-corrected chi connectivity index (χ4v) is 6.09. The lowest BCUT2D eigenvalue weighted by atomic mass is 9.91. The third kappa shape index (κ3) is 3.90. The number of carbonyl (C=O) groups is 1. The van der Waals surface area contributed by atoms with Crippen molar-refractivity contribution in [3.05, 3.63) is 88.6 Å². The van der Waals surface area contributed by atoms with Crippen LogP contribution >= 0.6 is 0 Å². The van der Waals surface area contributed by atoms with Gasteiger partial charge in [0.05, 0.1) is 36.9 Å². The van der Waals surface area contributed by atoms with Crippen LogP contribution in [0.3, 0.4) is 0 Å². The summed E-state index contributed by atoms with van der Waals surface area (Å²) in [6.07, 6.45) is 4.99. The van der Waals surface area contributed by atoms with Gasteiger partial charge in [-0.15, -0.1) is 0 Å². The second-order valence-electron chi connectivity index (χ2n) is 10.5. The first kappa shape index (κ1) is 23.2. The molecule has 2 atom stereocenters. The lowest BCUT2D eigenvalue weighted by molar-refractivity contribution is -0.118. The second kappa shape index (κ2) is 9.11. The zero-order chi connectivity index (χ0) is 25.7. The summed E-state index contributed by atoms with van der Waals surface area (Å²) in [6.45, 7) is 4.52. The van der Waals surface area contributed by atoms with Gasteiger partial charge in [-0.1, -0.05) is 42.5 Å². The third-order valence-corrected chi connectivity index (χ3v) is 8.23. The van der Waals surface area contributed by atoms with E-state index in [9.17, 15) is 4.79 Å². The van der Waals surface area contributed by atoms with E-state index in [1.165, 1.54) is 5.56 Å². The Morgan fingerprint density at radius 1 is 1.11 bits per heavy atom.